The van der Waals surface area contributed by atoms with Gasteiger partial charge in [0, 0.05) is 27.5 Å². The summed E-state index contributed by atoms with van der Waals surface area (Å²) in [4.78, 5) is 10.6. The predicted octanol–water partition coefficient (Wildman–Crippen LogP) is 3.33. The fraction of sp³-hybridized carbons (Fsp3) is 0.318. The van der Waals surface area contributed by atoms with Crippen LogP contribution in [0.15, 0.2) is 45.9 Å². The van der Waals surface area contributed by atoms with E-state index in [1.54, 1.807) is 18.0 Å². The highest BCUT2D eigenvalue weighted by molar-refractivity contribution is 8.09. The Kier molecular flexibility index (Phi) is 6.36. The molecule has 4 rings (SSSR count). The number of benzene rings is 1. The maximum Gasteiger partial charge on any atom is 0.270 e. The van der Waals surface area contributed by atoms with Gasteiger partial charge in [0.25, 0.3) is 11.8 Å². The van der Waals surface area contributed by atoms with Crippen LogP contribution in [-0.4, -0.2) is 54.3 Å². The van der Waals surface area contributed by atoms with Crippen molar-refractivity contribution in [2.45, 2.75) is 35.7 Å². The highest BCUT2D eigenvalue weighted by Gasteiger charge is 2.24. The molecule has 32 heavy (non-hydrogen) atoms. The molecule has 8 nitrogen and oxygen atoms in total. The van der Waals surface area contributed by atoms with Crippen molar-refractivity contribution in [2.24, 2.45) is 0 Å². The number of nitrogen functional groups attached to an aromatic ring is 1. The second-order valence-corrected chi connectivity index (χ2v) is 12.0. The Bertz CT molecular complexity index is 1250. The van der Waals surface area contributed by atoms with Gasteiger partial charge in [0.2, 0.25) is 0 Å². The zero-order valence-corrected chi connectivity index (χ0v) is 19.9. The third kappa shape index (κ3) is 4.43. The van der Waals surface area contributed by atoms with Gasteiger partial charge in [-0.15, -0.1) is 22.0 Å². The lowest BCUT2D eigenvalue weighted by Gasteiger charge is -2.13. The molecule has 0 aliphatic carbocycles. The lowest BCUT2D eigenvalue weighted by Crippen LogP contribution is -2.18. The molecule has 10 heteroatoms. The standard InChI is InChI=1S/C22H26N6O2S2/c1-13(2)32(4,29)16-8-5-14(6-9-16)17-12-25-20(23)19(26-17)22-28-27-21(30-22)18-10-7-15(31-18)11-24-3/h5-6,8-10,12-13,15,24H,4,7,11H2,1-3H3,(H2,23,25). The smallest absolute Gasteiger partial charge is 0.270 e. The van der Waals surface area contributed by atoms with Crippen molar-refractivity contribution in [3.63, 3.8) is 0 Å². The first kappa shape index (κ1) is 22.5. The van der Waals surface area contributed by atoms with Gasteiger partial charge in [0.05, 0.1) is 16.8 Å². The van der Waals surface area contributed by atoms with E-state index in [1.165, 1.54) is 0 Å². The Labute approximate surface area is 192 Å². The van der Waals surface area contributed by atoms with Crippen LogP contribution < -0.4 is 11.1 Å². The summed E-state index contributed by atoms with van der Waals surface area (Å²) in [6, 6.07) is 7.35. The minimum atomic E-state index is -2.35. The van der Waals surface area contributed by atoms with Crippen LogP contribution in [0, 0.1) is 0 Å². The molecule has 0 amide bonds. The maximum absolute atomic E-state index is 12.8. The summed E-state index contributed by atoms with van der Waals surface area (Å²) < 4.78 is 18.7. The monoisotopic (exact) mass is 470 g/mol. The minimum absolute atomic E-state index is 0.0512. The summed E-state index contributed by atoms with van der Waals surface area (Å²) in [6.45, 7) is 4.71. The molecule has 2 unspecified atom stereocenters. The van der Waals surface area contributed by atoms with Crippen LogP contribution in [0.1, 0.15) is 26.2 Å². The molecule has 2 atom stereocenters. The summed E-state index contributed by atoms with van der Waals surface area (Å²) in [5.74, 6) is 4.80. The van der Waals surface area contributed by atoms with E-state index in [1.807, 2.05) is 45.2 Å². The van der Waals surface area contributed by atoms with E-state index in [2.05, 4.69) is 37.4 Å². The van der Waals surface area contributed by atoms with Crippen LogP contribution in [0.25, 0.3) is 27.7 Å². The number of nitrogens with one attached hydrogen (secondary N) is 1. The van der Waals surface area contributed by atoms with Gasteiger partial charge in [0.15, 0.2) is 11.5 Å². The molecule has 0 saturated carbocycles. The number of thioether (sulfide) groups is 1. The lowest BCUT2D eigenvalue weighted by atomic mass is 10.1. The summed E-state index contributed by atoms with van der Waals surface area (Å²) in [7, 11) is -0.410. The number of hydrogen-bond acceptors (Lipinski definition) is 9. The molecule has 0 bridgehead atoms. The molecule has 168 valence electrons. The van der Waals surface area contributed by atoms with E-state index < -0.39 is 9.52 Å². The van der Waals surface area contributed by atoms with Gasteiger partial charge in [-0.1, -0.05) is 32.1 Å². The largest absolute Gasteiger partial charge is 0.414 e. The van der Waals surface area contributed by atoms with Crippen LogP contribution in [0.3, 0.4) is 0 Å². The second-order valence-electron chi connectivity index (χ2n) is 7.80. The Morgan fingerprint density at radius 1 is 1.28 bits per heavy atom. The lowest BCUT2D eigenvalue weighted by molar-refractivity contribution is 0.554. The summed E-state index contributed by atoms with van der Waals surface area (Å²) >= 11 is 1.71. The normalized spacial score (nSPS) is 18.0. The van der Waals surface area contributed by atoms with Gasteiger partial charge in [-0.25, -0.2) is 9.97 Å². The predicted molar refractivity (Wildman–Crippen MR) is 132 cm³/mol. The first-order valence-corrected chi connectivity index (χ1v) is 12.9. The molecular formula is C22H26N6O2S2. The molecule has 1 aromatic carbocycles. The van der Waals surface area contributed by atoms with E-state index in [0.717, 1.165) is 23.4 Å². The molecule has 3 N–H and O–H groups in total. The molecule has 1 aliphatic rings. The molecule has 0 saturated heterocycles. The van der Waals surface area contributed by atoms with Crippen LogP contribution in [0.2, 0.25) is 0 Å². The molecule has 3 aromatic rings. The van der Waals surface area contributed by atoms with Gasteiger partial charge < -0.3 is 15.5 Å². The highest BCUT2D eigenvalue weighted by atomic mass is 32.2. The van der Waals surface area contributed by atoms with Crippen molar-refractivity contribution in [1.82, 2.24) is 25.5 Å². The number of hydrogen-bond donors (Lipinski definition) is 2. The van der Waals surface area contributed by atoms with E-state index >= 15 is 0 Å². The summed E-state index contributed by atoms with van der Waals surface area (Å²) in [6.07, 6.45) is 4.64. The second kappa shape index (κ2) is 9.05. The topological polar surface area (TPSA) is 120 Å². The molecule has 1 aliphatic heterocycles. The van der Waals surface area contributed by atoms with Crippen molar-refractivity contribution >= 4 is 37.9 Å². The van der Waals surface area contributed by atoms with Crippen molar-refractivity contribution in [1.29, 1.82) is 0 Å². The molecular weight excluding hydrogens is 444 g/mol. The molecule has 0 radical (unpaired) electrons. The Hall–Kier alpha value is -2.69. The summed E-state index contributed by atoms with van der Waals surface area (Å²) in [5.41, 5.74) is 7.81. The van der Waals surface area contributed by atoms with E-state index in [-0.39, 0.29) is 17.0 Å². The number of nitrogens with zero attached hydrogens (tertiary/aromatic N) is 4. The highest BCUT2D eigenvalue weighted by Crippen LogP contribution is 2.39. The van der Waals surface area contributed by atoms with Gasteiger partial charge in [0.1, 0.15) is 0 Å². The fourth-order valence-corrected chi connectivity index (χ4v) is 5.56. The Balaban J connectivity index is 1.60. The Morgan fingerprint density at radius 3 is 2.69 bits per heavy atom. The third-order valence-electron chi connectivity index (χ3n) is 5.24. The van der Waals surface area contributed by atoms with E-state index in [0.29, 0.717) is 27.4 Å². The fourth-order valence-electron chi connectivity index (χ4n) is 3.25. The third-order valence-corrected chi connectivity index (χ3v) is 9.12. The van der Waals surface area contributed by atoms with Gasteiger partial charge in [-0.05, 0) is 41.0 Å². The van der Waals surface area contributed by atoms with E-state index in [4.69, 9.17) is 10.2 Å². The number of rotatable bonds is 7. The SMILES string of the molecule is C=S(=O)(c1ccc(-c2cnc(N)c(-c3nnc(C4=CCC(CNC)S4)o3)n2)cc1)C(C)C. The molecule has 2 aromatic heterocycles. The van der Waals surface area contributed by atoms with Crippen LogP contribution >= 0.6 is 11.8 Å². The average Bonchev–Trinajstić information content (AvgIpc) is 3.44. The number of allylic oxidation sites excluding steroid dienone is 1. The van der Waals surface area contributed by atoms with Gasteiger partial charge in [-0.2, -0.15) is 0 Å². The van der Waals surface area contributed by atoms with Crippen LogP contribution in [0.5, 0.6) is 0 Å². The first-order valence-electron chi connectivity index (χ1n) is 10.2. The zero-order chi connectivity index (χ0) is 22.9. The Morgan fingerprint density at radius 2 is 2.00 bits per heavy atom. The van der Waals surface area contributed by atoms with Crippen LogP contribution in [-0.2, 0) is 9.52 Å². The molecule has 3 heterocycles. The summed E-state index contributed by atoms with van der Waals surface area (Å²) in [5, 5.41) is 11.9. The number of anilines is 1. The van der Waals surface area contributed by atoms with Crippen molar-refractivity contribution in [3.05, 3.63) is 42.4 Å². The molecule has 0 fully saturated rings. The van der Waals surface area contributed by atoms with Crippen LogP contribution in [0.4, 0.5) is 5.82 Å². The maximum atomic E-state index is 12.8. The van der Waals surface area contributed by atoms with E-state index in [9.17, 15) is 4.21 Å². The van der Waals surface area contributed by atoms with Crippen molar-refractivity contribution in [3.8, 4) is 22.8 Å². The first-order chi connectivity index (χ1) is 15.3. The average molecular weight is 471 g/mol. The molecule has 0 spiro atoms. The van der Waals surface area contributed by atoms with Crippen molar-refractivity contribution < 1.29 is 8.63 Å². The zero-order valence-electron chi connectivity index (χ0n) is 18.2. The van der Waals surface area contributed by atoms with Gasteiger partial charge >= 0.3 is 0 Å². The quantitative estimate of drug-likeness (QED) is 0.501. The number of nitrogens with two attached hydrogens (primary N) is 1. The minimum Gasteiger partial charge on any atom is -0.414 e. The number of aromatic nitrogens is 4. The van der Waals surface area contributed by atoms with Crippen molar-refractivity contribution in [2.75, 3.05) is 19.3 Å². The van der Waals surface area contributed by atoms with Gasteiger partial charge in [-0.3, -0.25) is 4.21 Å².